The number of anilines is 2. The number of nitrogens with one attached hydrogen (secondary N) is 2. The van der Waals surface area contributed by atoms with Crippen LogP contribution in [0.3, 0.4) is 0 Å². The Morgan fingerprint density at radius 1 is 1.21 bits per heavy atom. The molecule has 1 aliphatic heterocycles. The lowest BCUT2D eigenvalue weighted by Gasteiger charge is -2.13. The van der Waals surface area contributed by atoms with Crippen LogP contribution in [0.5, 0.6) is 0 Å². The van der Waals surface area contributed by atoms with Crippen LogP contribution < -0.4 is 10.6 Å². The molecule has 0 aromatic heterocycles. The summed E-state index contributed by atoms with van der Waals surface area (Å²) in [5.74, 6) is -0.359. The summed E-state index contributed by atoms with van der Waals surface area (Å²) < 4.78 is 0. The monoisotopic (exact) mass is 341 g/mol. The van der Waals surface area contributed by atoms with Gasteiger partial charge in [0.25, 0.3) is 0 Å². The zero-order valence-electron chi connectivity index (χ0n) is 13.3. The van der Waals surface area contributed by atoms with Gasteiger partial charge in [0, 0.05) is 28.8 Å². The van der Waals surface area contributed by atoms with Gasteiger partial charge in [0.05, 0.1) is 11.4 Å². The van der Waals surface area contributed by atoms with Gasteiger partial charge in [-0.1, -0.05) is 29.8 Å². The normalized spacial score (nSPS) is 16.5. The maximum Gasteiger partial charge on any atom is 0.248 e. The molecule has 1 heterocycles. The van der Waals surface area contributed by atoms with Crippen molar-refractivity contribution in [3.05, 3.63) is 58.6 Å². The molecule has 0 fully saturated rings. The number of rotatable bonds is 2. The van der Waals surface area contributed by atoms with Gasteiger partial charge in [-0.15, -0.1) is 0 Å². The number of nitrogens with zero attached hydrogens (tertiary/aromatic N) is 1. The molecule has 122 valence electrons. The number of fused-ring (bicyclic) bond motifs is 1. The predicted molar refractivity (Wildman–Crippen MR) is 95.9 cm³/mol. The number of amides is 2. The number of halogens is 1. The van der Waals surface area contributed by atoms with E-state index in [1.807, 2.05) is 18.2 Å². The van der Waals surface area contributed by atoms with Crippen LogP contribution in [-0.2, 0) is 9.59 Å². The molecule has 3 rings (SSSR count). The third kappa shape index (κ3) is 3.16. The van der Waals surface area contributed by atoms with E-state index in [9.17, 15) is 9.59 Å². The van der Waals surface area contributed by atoms with Gasteiger partial charge in [-0.05, 0) is 31.2 Å². The fourth-order valence-corrected chi connectivity index (χ4v) is 2.78. The lowest BCUT2D eigenvalue weighted by atomic mass is 9.99. The Hall–Kier alpha value is -2.66. The molecular formula is C18H16ClN3O2. The molecule has 0 aliphatic carbocycles. The van der Waals surface area contributed by atoms with E-state index in [1.165, 1.54) is 6.92 Å². The van der Waals surface area contributed by atoms with Crippen molar-refractivity contribution in [2.45, 2.75) is 19.9 Å². The maximum atomic E-state index is 12.2. The molecule has 0 unspecified atom stereocenters. The highest BCUT2D eigenvalue weighted by molar-refractivity contribution is 6.36. The number of hydrogen-bond donors (Lipinski definition) is 2. The fraction of sp³-hybridized carbons (Fsp3) is 0.167. The Kier molecular flexibility index (Phi) is 4.36. The van der Waals surface area contributed by atoms with Crippen molar-refractivity contribution in [3.8, 4) is 0 Å². The van der Waals surface area contributed by atoms with Crippen molar-refractivity contribution in [3.63, 3.8) is 0 Å². The second kappa shape index (κ2) is 6.45. The third-order valence-corrected chi connectivity index (χ3v) is 4.01. The summed E-state index contributed by atoms with van der Waals surface area (Å²) in [6.07, 6.45) is 0. The summed E-state index contributed by atoms with van der Waals surface area (Å²) in [6, 6.07) is 12.1. The molecule has 5 nitrogen and oxygen atoms in total. The first kappa shape index (κ1) is 16.2. The summed E-state index contributed by atoms with van der Waals surface area (Å²) in [4.78, 5) is 28.1. The van der Waals surface area contributed by atoms with Crippen LogP contribution in [0.2, 0.25) is 5.02 Å². The Morgan fingerprint density at radius 3 is 2.67 bits per heavy atom. The van der Waals surface area contributed by atoms with Gasteiger partial charge >= 0.3 is 0 Å². The minimum atomic E-state index is -0.548. The molecule has 0 spiro atoms. The van der Waals surface area contributed by atoms with Gasteiger partial charge in [0.1, 0.15) is 6.04 Å². The van der Waals surface area contributed by atoms with E-state index in [-0.39, 0.29) is 11.8 Å². The highest BCUT2D eigenvalue weighted by atomic mass is 35.5. The summed E-state index contributed by atoms with van der Waals surface area (Å²) in [6.45, 7) is 3.17. The summed E-state index contributed by atoms with van der Waals surface area (Å²) in [7, 11) is 0. The standard InChI is InChI=1S/C18H16ClN3O2/c1-10-18(24)22-16-8-7-12(21-11(2)23)9-14(16)17(20-10)13-5-3-4-6-15(13)19/h3-10H,1-2H3,(H,21,23)(H,22,24)/t10-/m0/s1. The van der Waals surface area contributed by atoms with Crippen molar-refractivity contribution >= 4 is 40.5 Å². The Balaban J connectivity index is 2.20. The number of carbonyl (C=O) groups is 2. The molecule has 24 heavy (non-hydrogen) atoms. The smallest absolute Gasteiger partial charge is 0.248 e. The average Bonchev–Trinajstić information content (AvgIpc) is 2.65. The van der Waals surface area contributed by atoms with Crippen LogP contribution in [0.4, 0.5) is 11.4 Å². The van der Waals surface area contributed by atoms with Crippen molar-refractivity contribution in [2.24, 2.45) is 4.99 Å². The molecule has 6 heteroatoms. The zero-order valence-corrected chi connectivity index (χ0v) is 14.0. The maximum absolute atomic E-state index is 12.2. The second-order valence-corrected chi connectivity index (χ2v) is 5.97. The topological polar surface area (TPSA) is 70.6 Å². The summed E-state index contributed by atoms with van der Waals surface area (Å²) in [5, 5.41) is 6.16. The van der Waals surface area contributed by atoms with E-state index in [0.29, 0.717) is 27.7 Å². The quantitative estimate of drug-likeness (QED) is 0.878. The molecule has 0 saturated carbocycles. The second-order valence-electron chi connectivity index (χ2n) is 5.56. The molecule has 2 N–H and O–H groups in total. The Morgan fingerprint density at radius 2 is 1.96 bits per heavy atom. The van der Waals surface area contributed by atoms with Gasteiger partial charge in [0.2, 0.25) is 11.8 Å². The van der Waals surface area contributed by atoms with Crippen molar-refractivity contribution in [1.82, 2.24) is 0 Å². The lowest BCUT2D eigenvalue weighted by Crippen LogP contribution is -2.22. The zero-order chi connectivity index (χ0) is 17.3. The molecule has 1 aliphatic rings. The van der Waals surface area contributed by atoms with Crippen LogP contribution in [0.25, 0.3) is 0 Å². The molecule has 0 bridgehead atoms. The van der Waals surface area contributed by atoms with E-state index in [4.69, 9.17) is 11.6 Å². The Bertz CT molecular complexity index is 861. The van der Waals surface area contributed by atoms with Crippen molar-refractivity contribution in [2.75, 3.05) is 10.6 Å². The van der Waals surface area contributed by atoms with E-state index in [2.05, 4.69) is 15.6 Å². The molecule has 0 saturated heterocycles. The third-order valence-electron chi connectivity index (χ3n) is 3.68. The number of aliphatic imine (C=N–C) groups is 1. The minimum Gasteiger partial charge on any atom is -0.326 e. The highest BCUT2D eigenvalue weighted by Crippen LogP contribution is 2.29. The largest absolute Gasteiger partial charge is 0.326 e. The van der Waals surface area contributed by atoms with Crippen LogP contribution >= 0.6 is 11.6 Å². The van der Waals surface area contributed by atoms with Crippen LogP contribution in [0, 0.1) is 0 Å². The minimum absolute atomic E-state index is 0.169. The highest BCUT2D eigenvalue weighted by Gasteiger charge is 2.24. The van der Waals surface area contributed by atoms with Gasteiger partial charge in [-0.25, -0.2) is 0 Å². The molecule has 2 amide bonds. The SMILES string of the molecule is CC(=O)Nc1ccc2c(c1)C(c1ccccc1Cl)=N[C@@H](C)C(=O)N2. The van der Waals surface area contributed by atoms with Crippen LogP contribution in [-0.4, -0.2) is 23.6 Å². The fourth-order valence-electron chi connectivity index (χ4n) is 2.56. The van der Waals surface area contributed by atoms with Gasteiger partial charge < -0.3 is 10.6 Å². The molecule has 1 atom stereocenters. The van der Waals surface area contributed by atoms with Gasteiger partial charge in [0.15, 0.2) is 0 Å². The molecule has 2 aromatic rings. The number of benzodiazepines with no additional fused rings is 1. The van der Waals surface area contributed by atoms with E-state index >= 15 is 0 Å². The average molecular weight is 342 g/mol. The van der Waals surface area contributed by atoms with Crippen molar-refractivity contribution in [1.29, 1.82) is 0 Å². The number of hydrogen-bond acceptors (Lipinski definition) is 3. The molecule has 0 radical (unpaired) electrons. The lowest BCUT2D eigenvalue weighted by molar-refractivity contribution is -0.117. The van der Waals surface area contributed by atoms with E-state index in [0.717, 1.165) is 5.56 Å². The first-order chi connectivity index (χ1) is 11.5. The first-order valence-corrected chi connectivity index (χ1v) is 7.89. The molecular weight excluding hydrogens is 326 g/mol. The number of benzene rings is 2. The van der Waals surface area contributed by atoms with Gasteiger partial charge in [-0.3, -0.25) is 14.6 Å². The Labute approximate surface area is 144 Å². The van der Waals surface area contributed by atoms with E-state index < -0.39 is 6.04 Å². The summed E-state index contributed by atoms with van der Waals surface area (Å²) in [5.41, 5.74) is 3.34. The predicted octanol–water partition coefficient (Wildman–Crippen LogP) is 3.48. The molecule has 2 aromatic carbocycles. The summed E-state index contributed by atoms with van der Waals surface area (Å²) >= 11 is 6.33. The first-order valence-electron chi connectivity index (χ1n) is 7.51. The van der Waals surface area contributed by atoms with E-state index in [1.54, 1.807) is 31.2 Å². The van der Waals surface area contributed by atoms with Crippen LogP contribution in [0.1, 0.15) is 25.0 Å². The number of carbonyl (C=O) groups excluding carboxylic acids is 2. The van der Waals surface area contributed by atoms with Crippen LogP contribution in [0.15, 0.2) is 47.5 Å². The van der Waals surface area contributed by atoms with Crippen molar-refractivity contribution < 1.29 is 9.59 Å². The van der Waals surface area contributed by atoms with Gasteiger partial charge in [-0.2, -0.15) is 0 Å².